The summed E-state index contributed by atoms with van der Waals surface area (Å²) in [4.78, 5) is 13.4. The Hall–Kier alpha value is -0.860. The van der Waals surface area contributed by atoms with Crippen molar-refractivity contribution >= 4 is 28.6 Å². The zero-order chi connectivity index (χ0) is 10.9. The molecule has 0 bridgehead atoms. The standard InChI is InChI=1S/C7H3F3INO2/c8-5(9)3-1-2(7(13)14)4(11)6(10)12-3/h1,5H,(H,13,14). The van der Waals surface area contributed by atoms with Crippen molar-refractivity contribution < 1.29 is 23.1 Å². The lowest BCUT2D eigenvalue weighted by Gasteiger charge is -2.03. The van der Waals surface area contributed by atoms with Crippen LogP contribution in [-0.4, -0.2) is 16.1 Å². The SMILES string of the molecule is O=C(O)c1cc(C(F)F)nc(F)c1I. The molecule has 1 aromatic rings. The smallest absolute Gasteiger partial charge is 0.337 e. The number of hydrogen-bond acceptors (Lipinski definition) is 2. The Morgan fingerprint density at radius 1 is 1.57 bits per heavy atom. The van der Waals surface area contributed by atoms with E-state index in [-0.39, 0.29) is 3.57 Å². The molecule has 0 unspecified atom stereocenters. The summed E-state index contributed by atoms with van der Waals surface area (Å²) < 4.78 is 36.8. The summed E-state index contributed by atoms with van der Waals surface area (Å²) in [5.74, 6) is -2.65. The number of nitrogens with zero attached hydrogens (tertiary/aromatic N) is 1. The van der Waals surface area contributed by atoms with Gasteiger partial charge in [0.15, 0.2) is 0 Å². The number of aromatic nitrogens is 1. The Kier molecular flexibility index (Phi) is 3.29. The van der Waals surface area contributed by atoms with Gasteiger partial charge in [-0.05, 0) is 28.7 Å². The largest absolute Gasteiger partial charge is 0.478 e. The fourth-order valence-electron chi connectivity index (χ4n) is 0.784. The van der Waals surface area contributed by atoms with E-state index in [0.29, 0.717) is 6.07 Å². The van der Waals surface area contributed by atoms with E-state index in [0.717, 1.165) is 0 Å². The van der Waals surface area contributed by atoms with Crippen LogP contribution in [0.1, 0.15) is 22.5 Å². The van der Waals surface area contributed by atoms with Crippen molar-refractivity contribution in [3.05, 3.63) is 26.8 Å². The van der Waals surface area contributed by atoms with Crippen LogP contribution in [0.15, 0.2) is 6.07 Å². The van der Waals surface area contributed by atoms with Gasteiger partial charge >= 0.3 is 5.97 Å². The van der Waals surface area contributed by atoms with E-state index in [1.54, 1.807) is 0 Å². The first-order valence-electron chi connectivity index (χ1n) is 3.31. The zero-order valence-electron chi connectivity index (χ0n) is 6.47. The molecule has 0 aromatic carbocycles. The van der Waals surface area contributed by atoms with Gasteiger partial charge in [0.1, 0.15) is 5.69 Å². The van der Waals surface area contributed by atoms with Crippen LogP contribution in [0.2, 0.25) is 0 Å². The number of pyridine rings is 1. The quantitative estimate of drug-likeness (QED) is 0.673. The minimum atomic E-state index is -2.99. The minimum absolute atomic E-state index is 0.278. The summed E-state index contributed by atoms with van der Waals surface area (Å²) in [6.45, 7) is 0. The topological polar surface area (TPSA) is 50.2 Å². The van der Waals surface area contributed by atoms with Crippen LogP contribution >= 0.6 is 22.6 Å². The van der Waals surface area contributed by atoms with Crippen LogP contribution in [0.4, 0.5) is 13.2 Å². The second-order valence-corrected chi connectivity index (χ2v) is 3.38. The van der Waals surface area contributed by atoms with Crippen molar-refractivity contribution in [1.29, 1.82) is 0 Å². The second kappa shape index (κ2) is 4.11. The van der Waals surface area contributed by atoms with Crippen molar-refractivity contribution in [3.63, 3.8) is 0 Å². The van der Waals surface area contributed by atoms with E-state index in [2.05, 4.69) is 4.98 Å². The van der Waals surface area contributed by atoms with E-state index in [1.165, 1.54) is 22.6 Å². The highest BCUT2D eigenvalue weighted by Crippen LogP contribution is 2.22. The van der Waals surface area contributed by atoms with Gasteiger partial charge in [-0.1, -0.05) is 0 Å². The summed E-state index contributed by atoms with van der Waals surface area (Å²) >= 11 is 1.40. The normalized spacial score (nSPS) is 10.6. The fourth-order valence-corrected chi connectivity index (χ4v) is 1.29. The van der Waals surface area contributed by atoms with Gasteiger partial charge in [0.2, 0.25) is 5.95 Å². The molecule has 0 amide bonds. The number of rotatable bonds is 2. The Morgan fingerprint density at radius 3 is 2.57 bits per heavy atom. The van der Waals surface area contributed by atoms with Gasteiger partial charge in [0, 0.05) is 0 Å². The molecule has 1 rings (SSSR count). The average Bonchev–Trinajstić information content (AvgIpc) is 2.08. The molecular weight excluding hydrogens is 314 g/mol. The third-order valence-corrected chi connectivity index (χ3v) is 2.42. The van der Waals surface area contributed by atoms with Crippen LogP contribution < -0.4 is 0 Å². The molecule has 1 aromatic heterocycles. The van der Waals surface area contributed by atoms with Crippen molar-refractivity contribution in [2.75, 3.05) is 0 Å². The zero-order valence-corrected chi connectivity index (χ0v) is 8.63. The molecule has 7 heteroatoms. The maximum absolute atomic E-state index is 12.8. The van der Waals surface area contributed by atoms with Gasteiger partial charge in [0.25, 0.3) is 6.43 Å². The molecule has 0 radical (unpaired) electrons. The Labute approximate surface area is 90.1 Å². The number of hydrogen-bond donors (Lipinski definition) is 1. The summed E-state index contributed by atoms with van der Waals surface area (Å²) in [5, 5.41) is 8.55. The number of carboxylic acid groups (broad SMARTS) is 1. The van der Waals surface area contributed by atoms with Gasteiger partial charge in [-0.15, -0.1) is 0 Å². The molecule has 0 aliphatic rings. The third kappa shape index (κ3) is 2.14. The highest BCUT2D eigenvalue weighted by atomic mass is 127. The van der Waals surface area contributed by atoms with Gasteiger partial charge in [-0.3, -0.25) is 0 Å². The number of carboxylic acids is 1. The van der Waals surface area contributed by atoms with E-state index in [9.17, 15) is 18.0 Å². The summed E-state index contributed by atoms with van der Waals surface area (Å²) in [5.41, 5.74) is -1.38. The monoisotopic (exact) mass is 317 g/mol. The number of carbonyl (C=O) groups is 1. The Morgan fingerprint density at radius 2 is 2.14 bits per heavy atom. The molecule has 0 saturated heterocycles. The van der Waals surface area contributed by atoms with Crippen molar-refractivity contribution in [1.82, 2.24) is 4.98 Å². The van der Waals surface area contributed by atoms with E-state index >= 15 is 0 Å². The Bertz CT molecular complexity index is 383. The molecular formula is C7H3F3INO2. The highest BCUT2D eigenvalue weighted by Gasteiger charge is 2.19. The van der Waals surface area contributed by atoms with Crippen LogP contribution in [0.25, 0.3) is 0 Å². The predicted octanol–water partition coefficient (Wildman–Crippen LogP) is 2.46. The lowest BCUT2D eigenvalue weighted by atomic mass is 10.2. The maximum atomic E-state index is 12.8. The number of halogens is 4. The molecule has 3 nitrogen and oxygen atoms in total. The molecule has 0 saturated carbocycles. The summed E-state index contributed by atoms with van der Waals surface area (Å²) in [6, 6.07) is 0.665. The molecule has 0 fully saturated rings. The van der Waals surface area contributed by atoms with Crippen molar-refractivity contribution in [3.8, 4) is 0 Å². The summed E-state index contributed by atoms with van der Waals surface area (Å²) in [6.07, 6.45) is -2.99. The maximum Gasteiger partial charge on any atom is 0.337 e. The van der Waals surface area contributed by atoms with Gasteiger partial charge < -0.3 is 5.11 Å². The summed E-state index contributed by atoms with van der Waals surface area (Å²) in [7, 11) is 0. The molecule has 0 aliphatic heterocycles. The lowest BCUT2D eigenvalue weighted by molar-refractivity contribution is 0.0694. The third-order valence-electron chi connectivity index (χ3n) is 1.39. The predicted molar refractivity (Wildman–Crippen MR) is 48.8 cm³/mol. The number of alkyl halides is 2. The molecule has 76 valence electrons. The highest BCUT2D eigenvalue weighted by molar-refractivity contribution is 14.1. The molecule has 1 N–H and O–H groups in total. The first kappa shape index (κ1) is 11.2. The fraction of sp³-hybridized carbons (Fsp3) is 0.143. The van der Waals surface area contributed by atoms with Crippen LogP contribution in [-0.2, 0) is 0 Å². The molecule has 0 spiro atoms. The van der Waals surface area contributed by atoms with E-state index < -0.39 is 29.6 Å². The second-order valence-electron chi connectivity index (χ2n) is 2.31. The van der Waals surface area contributed by atoms with Crippen LogP contribution in [0, 0.1) is 9.52 Å². The lowest BCUT2D eigenvalue weighted by Crippen LogP contribution is -2.06. The molecule has 0 atom stereocenters. The van der Waals surface area contributed by atoms with Gasteiger partial charge in [-0.2, -0.15) is 4.39 Å². The van der Waals surface area contributed by atoms with E-state index in [4.69, 9.17) is 5.11 Å². The first-order chi connectivity index (χ1) is 6.43. The van der Waals surface area contributed by atoms with Gasteiger partial charge in [0.05, 0.1) is 9.13 Å². The van der Waals surface area contributed by atoms with Crippen LogP contribution in [0.5, 0.6) is 0 Å². The molecule has 1 heterocycles. The number of aromatic carboxylic acids is 1. The minimum Gasteiger partial charge on any atom is -0.478 e. The van der Waals surface area contributed by atoms with Crippen LogP contribution in [0.3, 0.4) is 0 Å². The van der Waals surface area contributed by atoms with Crippen molar-refractivity contribution in [2.45, 2.75) is 6.43 Å². The van der Waals surface area contributed by atoms with E-state index in [1.807, 2.05) is 0 Å². The molecule has 14 heavy (non-hydrogen) atoms. The average molecular weight is 317 g/mol. The van der Waals surface area contributed by atoms with Gasteiger partial charge in [-0.25, -0.2) is 18.6 Å². The van der Waals surface area contributed by atoms with Crippen molar-refractivity contribution in [2.24, 2.45) is 0 Å². The first-order valence-corrected chi connectivity index (χ1v) is 4.38. The molecule has 0 aliphatic carbocycles. The Balaban J connectivity index is 3.35.